The predicted octanol–water partition coefficient (Wildman–Crippen LogP) is 2.54. The summed E-state index contributed by atoms with van der Waals surface area (Å²) in [5.74, 6) is 1.20. The van der Waals surface area contributed by atoms with Crippen molar-refractivity contribution in [2.45, 2.75) is 57.9 Å². The number of rotatable bonds is 6. The minimum absolute atomic E-state index is 0.110. The number of hydrogen-bond donors (Lipinski definition) is 1. The molecule has 1 saturated carbocycles. The van der Waals surface area contributed by atoms with Gasteiger partial charge >= 0.3 is 0 Å². The van der Waals surface area contributed by atoms with E-state index in [-0.39, 0.29) is 12.0 Å². The summed E-state index contributed by atoms with van der Waals surface area (Å²) in [7, 11) is 0. The number of ether oxygens (including phenoxy) is 1. The Bertz CT molecular complexity index is 261. The first-order valence-corrected chi connectivity index (χ1v) is 7.65. The van der Waals surface area contributed by atoms with Gasteiger partial charge in [-0.05, 0) is 18.9 Å². The molecule has 104 valence electrons. The standard InChI is InChI=1S/C15H27NO2/c1-2-8-16-14-11-18-10-13(14)15(17)9-12-6-4-3-5-7-12/h12-14,16H,2-11H2,1H3. The third kappa shape index (κ3) is 3.79. The van der Waals surface area contributed by atoms with Crippen LogP contribution in [0.3, 0.4) is 0 Å². The first-order valence-electron chi connectivity index (χ1n) is 7.65. The third-order valence-electron chi connectivity index (χ3n) is 4.37. The number of Topliss-reactive ketones (excluding diaryl/α,β-unsaturated/α-hetero) is 1. The van der Waals surface area contributed by atoms with Gasteiger partial charge in [-0.3, -0.25) is 4.79 Å². The van der Waals surface area contributed by atoms with Crippen molar-refractivity contribution in [2.24, 2.45) is 11.8 Å². The fourth-order valence-electron chi connectivity index (χ4n) is 3.23. The second kappa shape index (κ2) is 7.25. The molecule has 1 saturated heterocycles. The lowest BCUT2D eigenvalue weighted by Gasteiger charge is -2.24. The molecule has 3 nitrogen and oxygen atoms in total. The van der Waals surface area contributed by atoms with Gasteiger partial charge in [0.1, 0.15) is 5.78 Å². The summed E-state index contributed by atoms with van der Waals surface area (Å²) in [6.45, 7) is 4.48. The van der Waals surface area contributed by atoms with Crippen molar-refractivity contribution < 1.29 is 9.53 Å². The molecule has 0 aromatic heterocycles. The van der Waals surface area contributed by atoms with Crippen LogP contribution in [0.2, 0.25) is 0 Å². The van der Waals surface area contributed by atoms with E-state index in [2.05, 4.69) is 12.2 Å². The summed E-state index contributed by atoms with van der Waals surface area (Å²) in [6.07, 6.45) is 8.41. The SMILES string of the molecule is CCCNC1COCC1C(=O)CC1CCCCC1. The molecule has 1 aliphatic heterocycles. The van der Waals surface area contributed by atoms with E-state index in [1.807, 2.05) is 0 Å². The summed E-state index contributed by atoms with van der Waals surface area (Å²) in [5.41, 5.74) is 0. The summed E-state index contributed by atoms with van der Waals surface area (Å²) in [6, 6.07) is 0.265. The van der Waals surface area contributed by atoms with E-state index in [1.165, 1.54) is 32.1 Å². The van der Waals surface area contributed by atoms with Crippen LogP contribution in [0.5, 0.6) is 0 Å². The number of carbonyl (C=O) groups is 1. The molecule has 0 amide bonds. The number of ketones is 1. The van der Waals surface area contributed by atoms with Gasteiger partial charge in [0, 0.05) is 12.5 Å². The zero-order chi connectivity index (χ0) is 12.8. The summed E-state index contributed by atoms with van der Waals surface area (Å²) < 4.78 is 5.49. The van der Waals surface area contributed by atoms with Crippen molar-refractivity contribution in [3.8, 4) is 0 Å². The Balaban J connectivity index is 1.79. The van der Waals surface area contributed by atoms with Crippen molar-refractivity contribution in [1.29, 1.82) is 0 Å². The minimum atomic E-state index is 0.110. The highest BCUT2D eigenvalue weighted by atomic mass is 16.5. The molecule has 3 heteroatoms. The topological polar surface area (TPSA) is 38.3 Å². The van der Waals surface area contributed by atoms with Gasteiger partial charge in [0.15, 0.2) is 0 Å². The molecule has 0 radical (unpaired) electrons. The molecular weight excluding hydrogens is 226 g/mol. The van der Waals surface area contributed by atoms with E-state index < -0.39 is 0 Å². The normalized spacial score (nSPS) is 29.6. The average Bonchev–Trinajstić information content (AvgIpc) is 2.86. The van der Waals surface area contributed by atoms with Crippen LogP contribution < -0.4 is 5.32 Å². The van der Waals surface area contributed by atoms with Crippen molar-refractivity contribution in [3.63, 3.8) is 0 Å². The Morgan fingerprint density at radius 3 is 2.72 bits per heavy atom. The third-order valence-corrected chi connectivity index (χ3v) is 4.37. The van der Waals surface area contributed by atoms with Gasteiger partial charge in [0.05, 0.1) is 19.1 Å². The van der Waals surface area contributed by atoms with Crippen LogP contribution in [0.15, 0.2) is 0 Å². The number of nitrogens with one attached hydrogen (secondary N) is 1. The fourth-order valence-corrected chi connectivity index (χ4v) is 3.23. The largest absolute Gasteiger partial charge is 0.379 e. The van der Waals surface area contributed by atoms with Crippen molar-refractivity contribution in [2.75, 3.05) is 19.8 Å². The molecule has 0 aromatic rings. The highest BCUT2D eigenvalue weighted by molar-refractivity contribution is 5.82. The van der Waals surface area contributed by atoms with Gasteiger partial charge in [0.25, 0.3) is 0 Å². The van der Waals surface area contributed by atoms with Crippen molar-refractivity contribution >= 4 is 5.78 Å². The van der Waals surface area contributed by atoms with Crippen LogP contribution in [0.4, 0.5) is 0 Å². The molecule has 2 rings (SSSR count). The lowest BCUT2D eigenvalue weighted by molar-refractivity contribution is -0.124. The highest BCUT2D eigenvalue weighted by Crippen LogP contribution is 2.28. The van der Waals surface area contributed by atoms with Gasteiger partial charge in [0.2, 0.25) is 0 Å². The highest BCUT2D eigenvalue weighted by Gasteiger charge is 2.34. The second-order valence-electron chi connectivity index (χ2n) is 5.88. The predicted molar refractivity (Wildman–Crippen MR) is 72.6 cm³/mol. The van der Waals surface area contributed by atoms with Crippen LogP contribution in [-0.4, -0.2) is 31.6 Å². The fraction of sp³-hybridized carbons (Fsp3) is 0.933. The van der Waals surface area contributed by atoms with Crippen LogP contribution in [0.1, 0.15) is 51.9 Å². The zero-order valence-electron chi connectivity index (χ0n) is 11.6. The molecule has 2 unspecified atom stereocenters. The average molecular weight is 253 g/mol. The molecule has 2 atom stereocenters. The monoisotopic (exact) mass is 253 g/mol. The Morgan fingerprint density at radius 2 is 2.00 bits per heavy atom. The van der Waals surface area contributed by atoms with Gasteiger partial charge in [-0.25, -0.2) is 0 Å². The van der Waals surface area contributed by atoms with E-state index >= 15 is 0 Å². The summed E-state index contributed by atoms with van der Waals surface area (Å²) in [5, 5.41) is 3.45. The molecule has 1 N–H and O–H groups in total. The molecule has 1 aliphatic carbocycles. The summed E-state index contributed by atoms with van der Waals surface area (Å²) >= 11 is 0. The van der Waals surface area contributed by atoms with E-state index in [9.17, 15) is 4.79 Å². The molecular formula is C15H27NO2. The Morgan fingerprint density at radius 1 is 1.22 bits per heavy atom. The first-order chi connectivity index (χ1) is 8.81. The smallest absolute Gasteiger partial charge is 0.140 e. The van der Waals surface area contributed by atoms with Gasteiger partial charge < -0.3 is 10.1 Å². The van der Waals surface area contributed by atoms with Crippen LogP contribution >= 0.6 is 0 Å². The second-order valence-corrected chi connectivity index (χ2v) is 5.88. The number of hydrogen-bond acceptors (Lipinski definition) is 3. The van der Waals surface area contributed by atoms with Gasteiger partial charge in [-0.2, -0.15) is 0 Å². The Kier molecular flexibility index (Phi) is 5.64. The molecule has 2 fully saturated rings. The van der Waals surface area contributed by atoms with E-state index in [0.717, 1.165) is 19.4 Å². The van der Waals surface area contributed by atoms with E-state index in [0.29, 0.717) is 24.9 Å². The van der Waals surface area contributed by atoms with Crippen molar-refractivity contribution in [3.05, 3.63) is 0 Å². The first kappa shape index (κ1) is 14.0. The molecule has 18 heavy (non-hydrogen) atoms. The molecule has 0 spiro atoms. The number of carbonyl (C=O) groups excluding carboxylic acids is 1. The van der Waals surface area contributed by atoms with E-state index in [1.54, 1.807) is 0 Å². The maximum Gasteiger partial charge on any atom is 0.140 e. The maximum atomic E-state index is 12.4. The van der Waals surface area contributed by atoms with Gasteiger partial charge in [-0.15, -0.1) is 0 Å². The zero-order valence-corrected chi connectivity index (χ0v) is 11.6. The van der Waals surface area contributed by atoms with Crippen molar-refractivity contribution in [1.82, 2.24) is 5.32 Å². The Hall–Kier alpha value is -0.410. The molecule has 0 aromatic carbocycles. The Labute approximate surface area is 111 Å². The molecule has 2 aliphatic rings. The molecule has 0 bridgehead atoms. The van der Waals surface area contributed by atoms with Crippen LogP contribution in [0.25, 0.3) is 0 Å². The van der Waals surface area contributed by atoms with Crippen LogP contribution in [-0.2, 0) is 9.53 Å². The quantitative estimate of drug-likeness (QED) is 0.790. The van der Waals surface area contributed by atoms with Gasteiger partial charge in [-0.1, -0.05) is 39.0 Å². The minimum Gasteiger partial charge on any atom is -0.379 e. The lowest BCUT2D eigenvalue weighted by Crippen LogP contribution is -2.40. The maximum absolute atomic E-state index is 12.4. The molecule has 1 heterocycles. The lowest BCUT2D eigenvalue weighted by atomic mass is 9.82. The van der Waals surface area contributed by atoms with E-state index in [4.69, 9.17) is 4.74 Å². The summed E-state index contributed by atoms with van der Waals surface area (Å²) in [4.78, 5) is 12.4. The van der Waals surface area contributed by atoms with Crippen LogP contribution in [0, 0.1) is 11.8 Å².